The maximum Gasteiger partial charge on any atom is 0.407 e. The summed E-state index contributed by atoms with van der Waals surface area (Å²) in [5, 5.41) is 3.58. The molecule has 0 unspecified atom stereocenters. The van der Waals surface area contributed by atoms with Gasteiger partial charge in [-0.1, -0.05) is 29.3 Å². The average molecular weight is 343 g/mol. The normalized spacial score (nSPS) is 24.3. The number of benzene rings is 1. The highest BCUT2D eigenvalue weighted by atomic mass is 35.5. The smallest absolute Gasteiger partial charge is 0.407 e. The van der Waals surface area contributed by atoms with Crippen LogP contribution in [0.3, 0.4) is 0 Å². The molecule has 1 spiro atoms. The van der Waals surface area contributed by atoms with Gasteiger partial charge < -0.3 is 15.0 Å². The van der Waals surface area contributed by atoms with Gasteiger partial charge in [-0.15, -0.1) is 0 Å². The lowest BCUT2D eigenvalue weighted by Crippen LogP contribution is -2.52. The van der Waals surface area contributed by atoms with Crippen LogP contribution in [0.4, 0.5) is 4.79 Å². The minimum Gasteiger partial charge on any atom is -0.439 e. The Morgan fingerprint density at radius 1 is 1.36 bits per heavy atom. The molecule has 2 fully saturated rings. The number of alkyl carbamates (subject to hydrolysis) is 1. The lowest BCUT2D eigenvalue weighted by Gasteiger charge is -2.38. The number of piperidine rings is 1. The Balaban J connectivity index is 1.66. The van der Waals surface area contributed by atoms with Crippen LogP contribution in [0.5, 0.6) is 0 Å². The minimum absolute atomic E-state index is 0.000382. The Bertz CT molecular complexity index is 623. The van der Waals surface area contributed by atoms with Crippen LogP contribution in [0.15, 0.2) is 18.2 Å². The van der Waals surface area contributed by atoms with Crippen LogP contribution in [0, 0.1) is 0 Å². The number of halogens is 2. The van der Waals surface area contributed by atoms with Crippen LogP contribution in [-0.4, -0.2) is 42.1 Å². The summed E-state index contributed by atoms with van der Waals surface area (Å²) in [4.78, 5) is 25.5. The van der Waals surface area contributed by atoms with Crippen molar-refractivity contribution in [1.82, 2.24) is 10.2 Å². The van der Waals surface area contributed by atoms with E-state index in [0.29, 0.717) is 29.7 Å². The van der Waals surface area contributed by atoms with Crippen molar-refractivity contribution in [3.8, 4) is 0 Å². The molecule has 7 heteroatoms. The van der Waals surface area contributed by atoms with Crippen LogP contribution in [0.2, 0.25) is 10.0 Å². The van der Waals surface area contributed by atoms with Gasteiger partial charge in [0.15, 0.2) is 0 Å². The maximum absolute atomic E-state index is 12.5. The van der Waals surface area contributed by atoms with Gasteiger partial charge in [0.2, 0.25) is 5.91 Å². The Morgan fingerprint density at radius 3 is 2.86 bits per heavy atom. The lowest BCUT2D eigenvalue weighted by atomic mass is 9.92. The van der Waals surface area contributed by atoms with Crippen LogP contribution in [-0.2, 0) is 16.0 Å². The molecule has 2 saturated heterocycles. The van der Waals surface area contributed by atoms with Crippen LogP contribution in [0.25, 0.3) is 0 Å². The third-order valence-corrected chi connectivity index (χ3v) is 4.83. The lowest BCUT2D eigenvalue weighted by molar-refractivity contribution is -0.136. The van der Waals surface area contributed by atoms with Crippen LogP contribution in [0.1, 0.15) is 18.4 Å². The van der Waals surface area contributed by atoms with Crippen molar-refractivity contribution in [3.05, 3.63) is 33.8 Å². The van der Waals surface area contributed by atoms with E-state index in [-0.39, 0.29) is 12.3 Å². The van der Waals surface area contributed by atoms with Crippen molar-refractivity contribution in [1.29, 1.82) is 0 Å². The molecule has 1 aromatic rings. The van der Waals surface area contributed by atoms with E-state index in [0.717, 1.165) is 18.4 Å². The fourth-order valence-electron chi connectivity index (χ4n) is 2.98. The molecule has 0 saturated carbocycles. The van der Waals surface area contributed by atoms with E-state index in [4.69, 9.17) is 27.9 Å². The van der Waals surface area contributed by atoms with E-state index in [9.17, 15) is 9.59 Å². The van der Waals surface area contributed by atoms with Crippen molar-refractivity contribution >= 4 is 35.2 Å². The number of nitrogens with one attached hydrogen (secondary N) is 1. The molecule has 0 bridgehead atoms. The van der Waals surface area contributed by atoms with E-state index in [1.54, 1.807) is 23.1 Å². The standard InChI is InChI=1S/C15H16Cl2N2O3/c16-11-3-2-10(6-12(11)17)7-13(20)19-5-1-4-15(9-19)8-18-14(21)22-15/h2-3,6H,1,4-5,7-9H2,(H,18,21)/t15-/m1/s1. The summed E-state index contributed by atoms with van der Waals surface area (Å²) < 4.78 is 5.37. The fraction of sp³-hybridized carbons (Fsp3) is 0.467. The zero-order valence-electron chi connectivity index (χ0n) is 11.9. The van der Waals surface area contributed by atoms with Crippen molar-refractivity contribution < 1.29 is 14.3 Å². The number of rotatable bonds is 2. The van der Waals surface area contributed by atoms with Gasteiger partial charge >= 0.3 is 6.09 Å². The predicted octanol–water partition coefficient (Wildman–Crippen LogP) is 2.64. The van der Waals surface area contributed by atoms with Crippen molar-refractivity contribution in [2.24, 2.45) is 0 Å². The average Bonchev–Trinajstić information content (AvgIpc) is 2.83. The summed E-state index contributed by atoms with van der Waals surface area (Å²) in [6.45, 7) is 1.58. The molecular weight excluding hydrogens is 327 g/mol. The van der Waals surface area contributed by atoms with Crippen molar-refractivity contribution in [3.63, 3.8) is 0 Å². The number of amides is 2. The molecule has 1 N–H and O–H groups in total. The Kier molecular flexibility index (Phi) is 4.19. The largest absolute Gasteiger partial charge is 0.439 e. The molecule has 1 aromatic carbocycles. The number of likely N-dealkylation sites (tertiary alicyclic amines) is 1. The number of carbonyl (C=O) groups is 2. The molecule has 2 heterocycles. The van der Waals surface area contributed by atoms with E-state index in [1.807, 2.05) is 0 Å². The Morgan fingerprint density at radius 2 is 2.18 bits per heavy atom. The molecular formula is C15H16Cl2N2O3. The van der Waals surface area contributed by atoms with E-state index < -0.39 is 11.7 Å². The van der Waals surface area contributed by atoms with Gasteiger partial charge in [0.05, 0.1) is 29.6 Å². The molecule has 5 nitrogen and oxygen atoms in total. The highest BCUT2D eigenvalue weighted by Crippen LogP contribution is 2.29. The zero-order chi connectivity index (χ0) is 15.7. The monoisotopic (exact) mass is 342 g/mol. The quantitative estimate of drug-likeness (QED) is 0.898. The van der Waals surface area contributed by atoms with Gasteiger partial charge in [-0.05, 0) is 30.5 Å². The molecule has 1 atom stereocenters. The fourth-order valence-corrected chi connectivity index (χ4v) is 3.30. The number of hydrogen-bond donors (Lipinski definition) is 1. The molecule has 118 valence electrons. The highest BCUT2D eigenvalue weighted by Gasteiger charge is 2.44. The number of ether oxygens (including phenoxy) is 1. The summed E-state index contributed by atoms with van der Waals surface area (Å²) in [7, 11) is 0. The van der Waals surface area contributed by atoms with Gasteiger partial charge in [-0.2, -0.15) is 0 Å². The molecule has 2 amide bonds. The number of carbonyl (C=O) groups excluding carboxylic acids is 2. The first-order chi connectivity index (χ1) is 10.5. The molecule has 2 aliphatic heterocycles. The van der Waals surface area contributed by atoms with Gasteiger partial charge in [-0.3, -0.25) is 4.79 Å². The van der Waals surface area contributed by atoms with Crippen LogP contribution >= 0.6 is 23.2 Å². The first-order valence-electron chi connectivity index (χ1n) is 7.16. The predicted molar refractivity (Wildman–Crippen MR) is 83.2 cm³/mol. The third-order valence-electron chi connectivity index (χ3n) is 4.10. The molecule has 2 aliphatic rings. The summed E-state index contributed by atoms with van der Waals surface area (Å²) in [5.41, 5.74) is 0.253. The van der Waals surface area contributed by atoms with Gasteiger partial charge in [0.25, 0.3) is 0 Å². The molecule has 0 aliphatic carbocycles. The SMILES string of the molecule is O=C1NC[C@@]2(CCCN(C(=O)Cc3ccc(Cl)c(Cl)c3)C2)O1. The Hall–Kier alpha value is -1.46. The second kappa shape index (κ2) is 5.97. The summed E-state index contributed by atoms with van der Waals surface area (Å²) in [6.07, 6.45) is 1.46. The first-order valence-corrected chi connectivity index (χ1v) is 7.92. The number of hydrogen-bond acceptors (Lipinski definition) is 3. The number of nitrogens with zero attached hydrogens (tertiary/aromatic N) is 1. The molecule has 3 rings (SSSR count). The van der Waals surface area contributed by atoms with E-state index in [1.165, 1.54) is 0 Å². The minimum atomic E-state index is -0.567. The molecule has 0 aromatic heterocycles. The summed E-state index contributed by atoms with van der Waals surface area (Å²) in [5.74, 6) is 0.000382. The molecule has 0 radical (unpaired) electrons. The third kappa shape index (κ3) is 3.15. The van der Waals surface area contributed by atoms with E-state index in [2.05, 4.69) is 5.32 Å². The highest BCUT2D eigenvalue weighted by molar-refractivity contribution is 6.42. The van der Waals surface area contributed by atoms with Crippen molar-refractivity contribution in [2.45, 2.75) is 24.9 Å². The zero-order valence-corrected chi connectivity index (χ0v) is 13.4. The van der Waals surface area contributed by atoms with Gasteiger partial charge in [0, 0.05) is 6.54 Å². The van der Waals surface area contributed by atoms with Crippen molar-refractivity contribution in [2.75, 3.05) is 19.6 Å². The second-order valence-electron chi connectivity index (χ2n) is 5.77. The molecule has 22 heavy (non-hydrogen) atoms. The van der Waals surface area contributed by atoms with Crippen LogP contribution < -0.4 is 5.32 Å². The maximum atomic E-state index is 12.5. The topological polar surface area (TPSA) is 58.6 Å². The first kappa shape index (κ1) is 15.4. The second-order valence-corrected chi connectivity index (χ2v) is 6.58. The Labute approximate surface area is 138 Å². The summed E-state index contributed by atoms with van der Waals surface area (Å²) in [6, 6.07) is 5.19. The van der Waals surface area contributed by atoms with E-state index >= 15 is 0 Å². The summed E-state index contributed by atoms with van der Waals surface area (Å²) >= 11 is 11.9. The van der Waals surface area contributed by atoms with Gasteiger partial charge in [-0.25, -0.2) is 4.79 Å². The van der Waals surface area contributed by atoms with Gasteiger partial charge in [0.1, 0.15) is 5.60 Å².